The van der Waals surface area contributed by atoms with E-state index in [9.17, 15) is 0 Å². The molecule has 1 aromatic heterocycles. The van der Waals surface area contributed by atoms with Crippen molar-refractivity contribution in [2.24, 2.45) is 0 Å². The van der Waals surface area contributed by atoms with Gasteiger partial charge < -0.3 is 4.90 Å². The van der Waals surface area contributed by atoms with Gasteiger partial charge in [0.1, 0.15) is 0 Å². The van der Waals surface area contributed by atoms with E-state index in [1.807, 2.05) is 11.3 Å². The zero-order valence-corrected chi connectivity index (χ0v) is 25.1. The molecule has 0 amide bonds. The number of hydrogen-bond acceptors (Lipinski definition) is 2. The third-order valence-corrected chi connectivity index (χ3v) is 10.1. The zero-order valence-electron chi connectivity index (χ0n) is 24.3. The van der Waals surface area contributed by atoms with Crippen molar-refractivity contribution >= 4 is 70.1 Å². The summed E-state index contributed by atoms with van der Waals surface area (Å²) < 4.78 is 2.70. The first-order valence-corrected chi connectivity index (χ1v) is 15.7. The number of nitrogens with zero attached hydrogens (tertiary/aromatic N) is 1. The Hall–Kier alpha value is -4.92. The Morgan fingerprint density at radius 2 is 1.05 bits per heavy atom. The quantitative estimate of drug-likeness (QED) is 0.186. The SMILES string of the molecule is CC(C)(c1ccccc1)c1ccc(N(c2ccccc2)c2ccc3ccc4ccc5c6ccccc6sc5c4c3c2)cc1. The molecule has 1 heterocycles. The van der Waals surface area contributed by atoms with Crippen LogP contribution in [0.5, 0.6) is 0 Å². The molecule has 0 saturated carbocycles. The van der Waals surface area contributed by atoms with Gasteiger partial charge in [-0.15, -0.1) is 11.3 Å². The number of benzene rings is 7. The second kappa shape index (κ2) is 10.1. The Morgan fingerprint density at radius 1 is 0.465 bits per heavy atom. The van der Waals surface area contributed by atoms with E-state index in [1.54, 1.807) is 0 Å². The summed E-state index contributed by atoms with van der Waals surface area (Å²) >= 11 is 1.90. The predicted octanol–water partition coefficient (Wildman–Crippen LogP) is 12.2. The maximum atomic E-state index is 2.39. The van der Waals surface area contributed by atoms with Crippen molar-refractivity contribution in [3.05, 3.63) is 163 Å². The number of anilines is 3. The lowest BCUT2D eigenvalue weighted by Crippen LogP contribution is -2.19. The molecule has 0 aliphatic carbocycles. The maximum Gasteiger partial charge on any atom is 0.0468 e. The fraction of sp³-hybridized carbons (Fsp3) is 0.0732. The van der Waals surface area contributed by atoms with Crippen LogP contribution >= 0.6 is 11.3 Å². The van der Waals surface area contributed by atoms with Crippen molar-refractivity contribution in [2.45, 2.75) is 19.3 Å². The highest BCUT2D eigenvalue weighted by molar-refractivity contribution is 7.26. The normalized spacial score (nSPS) is 12.0. The van der Waals surface area contributed by atoms with E-state index in [1.165, 1.54) is 52.8 Å². The molecule has 0 atom stereocenters. The monoisotopic (exact) mass is 569 g/mol. The molecule has 206 valence electrons. The summed E-state index contributed by atoms with van der Waals surface area (Å²) in [5.74, 6) is 0. The Labute approximate surface area is 256 Å². The molecular weight excluding hydrogens is 539 g/mol. The van der Waals surface area contributed by atoms with Gasteiger partial charge in [0, 0.05) is 48.0 Å². The molecule has 7 aromatic carbocycles. The van der Waals surface area contributed by atoms with Gasteiger partial charge in [0.05, 0.1) is 0 Å². The summed E-state index contributed by atoms with van der Waals surface area (Å²) in [6, 6.07) is 55.4. The van der Waals surface area contributed by atoms with Gasteiger partial charge in [-0.25, -0.2) is 0 Å². The zero-order chi connectivity index (χ0) is 29.0. The summed E-state index contributed by atoms with van der Waals surface area (Å²) in [5, 5.41) is 7.84. The number of thiophene rings is 1. The lowest BCUT2D eigenvalue weighted by atomic mass is 9.78. The highest BCUT2D eigenvalue weighted by atomic mass is 32.1. The van der Waals surface area contributed by atoms with Crippen molar-refractivity contribution in [3.63, 3.8) is 0 Å². The highest BCUT2D eigenvalue weighted by Gasteiger charge is 2.23. The van der Waals surface area contributed by atoms with E-state index < -0.39 is 0 Å². The number of para-hydroxylation sites is 1. The molecule has 0 bridgehead atoms. The average molecular weight is 570 g/mol. The summed E-state index contributed by atoms with van der Waals surface area (Å²) in [7, 11) is 0. The lowest BCUT2D eigenvalue weighted by molar-refractivity contribution is 0.641. The smallest absolute Gasteiger partial charge is 0.0468 e. The van der Waals surface area contributed by atoms with Crippen LogP contribution in [-0.4, -0.2) is 0 Å². The Morgan fingerprint density at radius 3 is 1.84 bits per heavy atom. The minimum absolute atomic E-state index is 0.0884. The Bertz CT molecular complexity index is 2240. The third kappa shape index (κ3) is 4.29. The van der Waals surface area contributed by atoms with Crippen molar-refractivity contribution in [1.29, 1.82) is 0 Å². The third-order valence-electron chi connectivity index (χ3n) is 8.94. The largest absolute Gasteiger partial charge is 0.310 e. The molecular formula is C41H31NS. The highest BCUT2D eigenvalue weighted by Crippen LogP contribution is 2.43. The van der Waals surface area contributed by atoms with Crippen LogP contribution in [0.2, 0.25) is 0 Å². The van der Waals surface area contributed by atoms with Crippen LogP contribution in [0.4, 0.5) is 17.1 Å². The van der Waals surface area contributed by atoms with Gasteiger partial charge >= 0.3 is 0 Å². The van der Waals surface area contributed by atoms with Crippen LogP contribution in [0.15, 0.2) is 152 Å². The number of rotatable bonds is 5. The fourth-order valence-electron chi connectivity index (χ4n) is 6.52. The van der Waals surface area contributed by atoms with E-state index in [4.69, 9.17) is 0 Å². The second-order valence-electron chi connectivity index (χ2n) is 11.8. The van der Waals surface area contributed by atoms with Crippen LogP contribution in [0, 0.1) is 0 Å². The topological polar surface area (TPSA) is 3.24 Å². The minimum atomic E-state index is -0.0884. The van der Waals surface area contributed by atoms with Crippen LogP contribution in [0.25, 0.3) is 41.7 Å². The molecule has 0 fully saturated rings. The Balaban J connectivity index is 1.31. The fourth-order valence-corrected chi connectivity index (χ4v) is 7.79. The summed E-state index contributed by atoms with van der Waals surface area (Å²) in [6.45, 7) is 4.60. The van der Waals surface area contributed by atoms with Gasteiger partial charge in [0.2, 0.25) is 0 Å². The van der Waals surface area contributed by atoms with Crippen molar-refractivity contribution in [1.82, 2.24) is 0 Å². The standard InChI is InChI=1S/C41H31NS/c1-41(2,30-11-5-3-6-12-30)31-21-24-33(25-22-31)42(32-13-7-4-8-14-32)34-23-19-28-17-18-29-20-26-36-35-15-9-10-16-38(35)43-40(36)39(29)37(28)27-34/h3-27H,1-2H3. The maximum absolute atomic E-state index is 2.39. The molecule has 43 heavy (non-hydrogen) atoms. The molecule has 1 nitrogen and oxygen atoms in total. The molecule has 8 aromatic rings. The predicted molar refractivity (Wildman–Crippen MR) is 188 cm³/mol. The molecule has 0 aliphatic rings. The van der Waals surface area contributed by atoms with Crippen molar-refractivity contribution in [2.75, 3.05) is 4.90 Å². The van der Waals surface area contributed by atoms with Gasteiger partial charge in [-0.1, -0.05) is 123 Å². The molecule has 0 radical (unpaired) electrons. The second-order valence-corrected chi connectivity index (χ2v) is 12.9. The van der Waals surface area contributed by atoms with Crippen LogP contribution in [-0.2, 0) is 5.41 Å². The number of hydrogen-bond donors (Lipinski definition) is 0. The first kappa shape index (κ1) is 25.8. The molecule has 0 N–H and O–H groups in total. The molecule has 0 unspecified atom stereocenters. The van der Waals surface area contributed by atoms with Crippen molar-refractivity contribution in [3.8, 4) is 0 Å². The van der Waals surface area contributed by atoms with E-state index in [-0.39, 0.29) is 5.41 Å². The summed E-state index contributed by atoms with van der Waals surface area (Å²) in [4.78, 5) is 2.38. The van der Waals surface area contributed by atoms with E-state index in [2.05, 4.69) is 170 Å². The van der Waals surface area contributed by atoms with E-state index >= 15 is 0 Å². The van der Waals surface area contributed by atoms with Gasteiger partial charge in [-0.2, -0.15) is 0 Å². The van der Waals surface area contributed by atoms with Crippen LogP contribution in [0.3, 0.4) is 0 Å². The van der Waals surface area contributed by atoms with Gasteiger partial charge in [-0.3, -0.25) is 0 Å². The number of fused-ring (bicyclic) bond motifs is 7. The molecule has 2 heteroatoms. The first-order valence-electron chi connectivity index (χ1n) is 14.9. The summed E-state index contributed by atoms with van der Waals surface area (Å²) in [6.07, 6.45) is 0. The molecule has 0 aliphatic heterocycles. The lowest BCUT2D eigenvalue weighted by Gasteiger charge is -2.29. The average Bonchev–Trinajstić information content (AvgIpc) is 3.45. The van der Waals surface area contributed by atoms with Gasteiger partial charge in [0.15, 0.2) is 0 Å². The Kier molecular flexibility index (Phi) is 6.06. The molecule has 8 rings (SSSR count). The van der Waals surface area contributed by atoms with Crippen LogP contribution in [0.1, 0.15) is 25.0 Å². The van der Waals surface area contributed by atoms with E-state index in [0.29, 0.717) is 0 Å². The van der Waals surface area contributed by atoms with E-state index in [0.717, 1.165) is 17.1 Å². The van der Waals surface area contributed by atoms with Crippen LogP contribution < -0.4 is 4.90 Å². The van der Waals surface area contributed by atoms with Gasteiger partial charge in [-0.05, 0) is 69.8 Å². The summed E-state index contributed by atoms with van der Waals surface area (Å²) in [5.41, 5.74) is 5.96. The molecule has 0 saturated heterocycles. The first-order chi connectivity index (χ1) is 21.1. The van der Waals surface area contributed by atoms with Crippen molar-refractivity contribution < 1.29 is 0 Å². The minimum Gasteiger partial charge on any atom is -0.310 e. The van der Waals surface area contributed by atoms with Gasteiger partial charge in [0.25, 0.3) is 0 Å². The molecule has 0 spiro atoms.